The van der Waals surface area contributed by atoms with E-state index in [1.807, 2.05) is 7.05 Å². The Morgan fingerprint density at radius 3 is 2.83 bits per heavy atom. The van der Waals surface area contributed by atoms with Gasteiger partial charge in [-0.05, 0) is 34.7 Å². The highest BCUT2D eigenvalue weighted by Crippen LogP contribution is 2.34. The summed E-state index contributed by atoms with van der Waals surface area (Å²) < 4.78 is 0.952. The van der Waals surface area contributed by atoms with E-state index in [1.54, 1.807) is 6.33 Å². The van der Waals surface area contributed by atoms with Crippen molar-refractivity contribution >= 4 is 27.6 Å². The number of anilines is 2. The maximum atomic E-state index is 4.41. The van der Waals surface area contributed by atoms with E-state index in [2.05, 4.69) is 50.1 Å². The van der Waals surface area contributed by atoms with E-state index < -0.39 is 0 Å². The van der Waals surface area contributed by atoms with Crippen molar-refractivity contribution in [3.8, 4) is 0 Å². The van der Waals surface area contributed by atoms with Crippen LogP contribution >= 0.6 is 15.9 Å². The molecule has 1 aliphatic rings. The molecular formula is C13H21BrN4. The third kappa shape index (κ3) is 2.76. The van der Waals surface area contributed by atoms with E-state index in [0.29, 0.717) is 6.04 Å². The van der Waals surface area contributed by atoms with Gasteiger partial charge in [0.05, 0.1) is 0 Å². The molecule has 1 heterocycles. The summed E-state index contributed by atoms with van der Waals surface area (Å²) in [6.07, 6.45) is 6.80. The largest absolute Gasteiger partial charge is 0.372 e. The van der Waals surface area contributed by atoms with Crippen molar-refractivity contribution in [3.63, 3.8) is 0 Å². The Morgan fingerprint density at radius 1 is 1.39 bits per heavy atom. The van der Waals surface area contributed by atoms with E-state index in [-0.39, 0.29) is 0 Å². The average molecular weight is 313 g/mol. The topological polar surface area (TPSA) is 41.1 Å². The normalized spacial score (nSPS) is 23.8. The summed E-state index contributed by atoms with van der Waals surface area (Å²) in [7, 11) is 4.01. The molecule has 1 fully saturated rings. The molecule has 18 heavy (non-hydrogen) atoms. The molecule has 5 heteroatoms. The first kappa shape index (κ1) is 13.6. The molecule has 1 aromatic heterocycles. The molecule has 0 spiro atoms. The van der Waals surface area contributed by atoms with Crippen LogP contribution in [-0.2, 0) is 0 Å². The van der Waals surface area contributed by atoms with Crippen molar-refractivity contribution in [1.82, 2.24) is 9.97 Å². The van der Waals surface area contributed by atoms with E-state index >= 15 is 0 Å². The van der Waals surface area contributed by atoms with Crippen LogP contribution in [0, 0.1) is 5.92 Å². The Labute approximate surface area is 117 Å². The fraction of sp³-hybridized carbons (Fsp3) is 0.692. The summed E-state index contributed by atoms with van der Waals surface area (Å²) >= 11 is 3.59. The molecule has 2 rings (SSSR count). The Kier molecular flexibility index (Phi) is 4.43. The SMILES string of the molecule is CNc1ncnc(N(C)C2CCCC(C)C2)c1Br. The second-order valence-corrected chi connectivity index (χ2v) is 5.94. The quantitative estimate of drug-likeness (QED) is 0.929. The monoisotopic (exact) mass is 312 g/mol. The molecule has 1 aromatic rings. The van der Waals surface area contributed by atoms with Crippen molar-refractivity contribution in [2.75, 3.05) is 24.3 Å². The molecular weight excluding hydrogens is 292 g/mol. The van der Waals surface area contributed by atoms with Gasteiger partial charge in [0.15, 0.2) is 0 Å². The molecule has 1 aliphatic carbocycles. The molecule has 1 saturated carbocycles. The van der Waals surface area contributed by atoms with Gasteiger partial charge in [0, 0.05) is 20.1 Å². The van der Waals surface area contributed by atoms with Gasteiger partial charge >= 0.3 is 0 Å². The molecule has 1 N–H and O–H groups in total. The number of nitrogens with one attached hydrogen (secondary N) is 1. The molecule has 0 bridgehead atoms. The molecule has 2 unspecified atom stereocenters. The molecule has 0 amide bonds. The van der Waals surface area contributed by atoms with Gasteiger partial charge in [0.25, 0.3) is 0 Å². The molecule has 0 radical (unpaired) electrons. The van der Waals surface area contributed by atoms with Crippen molar-refractivity contribution in [2.45, 2.75) is 38.6 Å². The molecule has 0 aromatic carbocycles. The van der Waals surface area contributed by atoms with Crippen molar-refractivity contribution < 1.29 is 0 Å². The fourth-order valence-corrected chi connectivity index (χ4v) is 3.39. The fourth-order valence-electron chi connectivity index (χ4n) is 2.71. The highest BCUT2D eigenvalue weighted by Gasteiger charge is 2.25. The van der Waals surface area contributed by atoms with Gasteiger partial charge in [-0.3, -0.25) is 0 Å². The van der Waals surface area contributed by atoms with Crippen LogP contribution in [0.5, 0.6) is 0 Å². The summed E-state index contributed by atoms with van der Waals surface area (Å²) in [6, 6.07) is 0.588. The molecule has 4 nitrogen and oxygen atoms in total. The lowest BCUT2D eigenvalue weighted by Crippen LogP contribution is -2.36. The molecule has 2 atom stereocenters. The van der Waals surface area contributed by atoms with Gasteiger partial charge < -0.3 is 10.2 Å². The molecule has 0 aliphatic heterocycles. The smallest absolute Gasteiger partial charge is 0.148 e. The third-order valence-corrected chi connectivity index (χ3v) is 4.53. The highest BCUT2D eigenvalue weighted by molar-refractivity contribution is 9.10. The number of hydrogen-bond acceptors (Lipinski definition) is 4. The zero-order chi connectivity index (χ0) is 13.1. The number of hydrogen-bond donors (Lipinski definition) is 1. The van der Waals surface area contributed by atoms with Crippen LogP contribution in [0.25, 0.3) is 0 Å². The Bertz CT molecular complexity index is 410. The number of aromatic nitrogens is 2. The zero-order valence-corrected chi connectivity index (χ0v) is 12.9. The van der Waals surface area contributed by atoms with E-state index in [4.69, 9.17) is 0 Å². The lowest BCUT2D eigenvalue weighted by Gasteiger charge is -2.35. The Balaban J connectivity index is 2.20. The maximum Gasteiger partial charge on any atom is 0.148 e. The highest BCUT2D eigenvalue weighted by atomic mass is 79.9. The second kappa shape index (κ2) is 5.87. The van der Waals surface area contributed by atoms with Crippen LogP contribution < -0.4 is 10.2 Å². The van der Waals surface area contributed by atoms with Crippen LogP contribution in [0.3, 0.4) is 0 Å². The minimum atomic E-state index is 0.588. The van der Waals surface area contributed by atoms with Crippen molar-refractivity contribution in [3.05, 3.63) is 10.8 Å². The van der Waals surface area contributed by atoms with Crippen molar-refractivity contribution in [1.29, 1.82) is 0 Å². The second-order valence-electron chi connectivity index (χ2n) is 5.15. The Hall–Kier alpha value is -0.840. The van der Waals surface area contributed by atoms with Gasteiger partial charge in [0.1, 0.15) is 22.4 Å². The van der Waals surface area contributed by atoms with Crippen molar-refractivity contribution in [2.24, 2.45) is 5.92 Å². The number of halogens is 1. The van der Waals surface area contributed by atoms with E-state index in [9.17, 15) is 0 Å². The van der Waals surface area contributed by atoms with Gasteiger partial charge in [-0.15, -0.1) is 0 Å². The predicted octanol–water partition coefficient (Wildman–Crippen LogP) is 3.30. The lowest BCUT2D eigenvalue weighted by atomic mass is 9.86. The van der Waals surface area contributed by atoms with Gasteiger partial charge in [-0.25, -0.2) is 9.97 Å². The first-order valence-electron chi connectivity index (χ1n) is 6.54. The Morgan fingerprint density at radius 2 is 2.17 bits per heavy atom. The standard InChI is InChI=1S/C13H21BrN4/c1-9-5-4-6-10(7-9)18(3)13-11(14)12(15-2)16-8-17-13/h8-10H,4-7H2,1-3H3,(H,15,16,17). The van der Waals surface area contributed by atoms with Crippen LogP contribution in [0.1, 0.15) is 32.6 Å². The number of nitrogens with zero attached hydrogens (tertiary/aromatic N) is 3. The van der Waals surface area contributed by atoms with Gasteiger partial charge in [-0.1, -0.05) is 19.8 Å². The molecule has 100 valence electrons. The van der Waals surface area contributed by atoms with Gasteiger partial charge in [-0.2, -0.15) is 0 Å². The summed E-state index contributed by atoms with van der Waals surface area (Å²) in [5.41, 5.74) is 0. The molecule has 0 saturated heterocycles. The summed E-state index contributed by atoms with van der Waals surface area (Å²) in [5.74, 6) is 2.64. The summed E-state index contributed by atoms with van der Waals surface area (Å²) in [5, 5.41) is 3.08. The minimum absolute atomic E-state index is 0.588. The average Bonchev–Trinajstić information content (AvgIpc) is 2.38. The minimum Gasteiger partial charge on any atom is -0.372 e. The summed E-state index contributed by atoms with van der Waals surface area (Å²) in [6.45, 7) is 2.34. The summed E-state index contributed by atoms with van der Waals surface area (Å²) in [4.78, 5) is 10.9. The van der Waals surface area contributed by atoms with Crippen LogP contribution in [0.15, 0.2) is 10.8 Å². The zero-order valence-electron chi connectivity index (χ0n) is 11.3. The van der Waals surface area contributed by atoms with Gasteiger partial charge in [0.2, 0.25) is 0 Å². The predicted molar refractivity (Wildman–Crippen MR) is 79.1 cm³/mol. The maximum absolute atomic E-state index is 4.41. The first-order chi connectivity index (χ1) is 8.63. The number of rotatable bonds is 3. The van der Waals surface area contributed by atoms with Crippen LogP contribution in [0.4, 0.5) is 11.6 Å². The first-order valence-corrected chi connectivity index (χ1v) is 7.33. The third-order valence-electron chi connectivity index (χ3n) is 3.80. The van der Waals surface area contributed by atoms with E-state index in [0.717, 1.165) is 22.0 Å². The van der Waals surface area contributed by atoms with E-state index in [1.165, 1.54) is 25.7 Å². The van der Waals surface area contributed by atoms with Crippen LogP contribution in [0.2, 0.25) is 0 Å². The lowest BCUT2D eigenvalue weighted by molar-refractivity contribution is 0.335. The van der Waals surface area contributed by atoms with Crippen LogP contribution in [-0.4, -0.2) is 30.1 Å².